The molecular weight excluding hydrogens is 404 g/mol. The van der Waals surface area contributed by atoms with Crippen LogP contribution in [0.1, 0.15) is 11.6 Å². The van der Waals surface area contributed by atoms with Crippen molar-refractivity contribution in [1.29, 1.82) is 0 Å². The fourth-order valence-corrected chi connectivity index (χ4v) is 4.73. The third kappa shape index (κ3) is 4.12. The largest absolute Gasteiger partial charge is 0.354 e. The second kappa shape index (κ2) is 8.00. The molecule has 10 nitrogen and oxygen atoms in total. The molecule has 0 atom stereocenters. The van der Waals surface area contributed by atoms with Gasteiger partial charge in [-0.3, -0.25) is 0 Å². The van der Waals surface area contributed by atoms with E-state index in [1.165, 1.54) is 4.31 Å². The Balaban J connectivity index is 1.47. The van der Waals surface area contributed by atoms with Gasteiger partial charge in [0.05, 0.1) is 0 Å². The Morgan fingerprint density at radius 1 is 1.00 bits per heavy atom. The van der Waals surface area contributed by atoms with Crippen LogP contribution in [0.2, 0.25) is 0 Å². The normalized spacial score (nSPS) is 15.4. The lowest BCUT2D eigenvalue weighted by Gasteiger charge is -2.34. The quantitative estimate of drug-likeness (QED) is 0.651. The van der Waals surface area contributed by atoms with Gasteiger partial charge in [-0.1, -0.05) is 6.07 Å². The molecule has 3 aromatic rings. The zero-order valence-electron chi connectivity index (χ0n) is 17.1. The molecule has 0 spiro atoms. The van der Waals surface area contributed by atoms with Gasteiger partial charge >= 0.3 is 0 Å². The Morgan fingerprint density at radius 3 is 2.40 bits per heavy atom. The van der Waals surface area contributed by atoms with E-state index in [0.29, 0.717) is 49.5 Å². The number of hydrogen-bond donors (Lipinski definition) is 1. The number of hydrogen-bond acceptors (Lipinski definition) is 8. The molecule has 1 saturated heterocycles. The summed E-state index contributed by atoms with van der Waals surface area (Å²) in [5, 5.41) is 3.27. The molecule has 0 amide bonds. The van der Waals surface area contributed by atoms with Crippen molar-refractivity contribution in [1.82, 2.24) is 28.8 Å². The summed E-state index contributed by atoms with van der Waals surface area (Å²) >= 11 is 0. The van der Waals surface area contributed by atoms with Crippen molar-refractivity contribution in [3.8, 4) is 0 Å². The first-order valence-corrected chi connectivity index (χ1v) is 11.1. The fourth-order valence-electron chi connectivity index (χ4n) is 3.29. The molecule has 0 unspecified atom stereocenters. The van der Waals surface area contributed by atoms with Crippen molar-refractivity contribution in [2.24, 2.45) is 7.05 Å². The summed E-state index contributed by atoms with van der Waals surface area (Å²) in [6.07, 6.45) is 3.26. The second-order valence-corrected chi connectivity index (χ2v) is 9.01. The van der Waals surface area contributed by atoms with E-state index in [1.54, 1.807) is 30.9 Å². The van der Waals surface area contributed by atoms with Crippen molar-refractivity contribution >= 4 is 27.5 Å². The number of rotatable bonds is 5. The number of nitrogens with zero attached hydrogens (tertiary/aromatic N) is 7. The zero-order valence-corrected chi connectivity index (χ0v) is 18.0. The maximum atomic E-state index is 12.9. The highest BCUT2D eigenvalue weighted by atomic mass is 32.2. The van der Waals surface area contributed by atoms with Crippen molar-refractivity contribution in [3.63, 3.8) is 0 Å². The van der Waals surface area contributed by atoms with Crippen LogP contribution >= 0.6 is 0 Å². The summed E-state index contributed by atoms with van der Waals surface area (Å²) < 4.78 is 29.0. The van der Waals surface area contributed by atoms with E-state index in [9.17, 15) is 8.42 Å². The summed E-state index contributed by atoms with van der Waals surface area (Å²) in [6, 6.07) is 7.46. The Bertz CT molecular complexity index is 1120. The van der Waals surface area contributed by atoms with Gasteiger partial charge in [0, 0.05) is 51.7 Å². The maximum Gasteiger partial charge on any atom is 0.262 e. The van der Waals surface area contributed by atoms with Gasteiger partial charge in [-0.25, -0.2) is 28.4 Å². The van der Waals surface area contributed by atoms with Crippen LogP contribution in [0.15, 0.2) is 41.7 Å². The highest BCUT2D eigenvalue weighted by Gasteiger charge is 2.31. The number of aromatic nitrogens is 5. The first-order chi connectivity index (χ1) is 14.3. The monoisotopic (exact) mass is 428 g/mol. The molecule has 0 radical (unpaired) electrons. The van der Waals surface area contributed by atoms with Gasteiger partial charge in [0.1, 0.15) is 29.1 Å². The molecule has 0 aliphatic carbocycles. The summed E-state index contributed by atoms with van der Waals surface area (Å²) in [6.45, 7) is 5.41. The van der Waals surface area contributed by atoms with Crippen LogP contribution in [0.3, 0.4) is 0 Å². The Kier molecular flexibility index (Phi) is 5.39. The van der Waals surface area contributed by atoms with Gasteiger partial charge in [-0.15, -0.1) is 0 Å². The van der Waals surface area contributed by atoms with Crippen molar-refractivity contribution in [2.75, 3.05) is 36.4 Å². The molecule has 0 bridgehead atoms. The van der Waals surface area contributed by atoms with Crippen molar-refractivity contribution in [3.05, 3.63) is 48.3 Å². The molecule has 4 rings (SSSR count). The molecule has 0 saturated carbocycles. The number of aryl methyl sites for hydroxylation is 3. The Labute approximate surface area is 175 Å². The molecule has 1 fully saturated rings. The molecule has 1 N–H and O–H groups in total. The van der Waals surface area contributed by atoms with Gasteiger partial charge < -0.3 is 14.8 Å². The molecule has 0 aromatic carbocycles. The van der Waals surface area contributed by atoms with E-state index in [0.717, 1.165) is 5.82 Å². The molecule has 30 heavy (non-hydrogen) atoms. The van der Waals surface area contributed by atoms with Crippen LogP contribution in [-0.2, 0) is 17.1 Å². The molecule has 158 valence electrons. The van der Waals surface area contributed by atoms with Crippen molar-refractivity contribution in [2.45, 2.75) is 18.9 Å². The third-order valence-corrected chi connectivity index (χ3v) is 6.77. The minimum atomic E-state index is -3.60. The number of nitrogens with one attached hydrogen (secondary N) is 1. The first kappa shape index (κ1) is 20.2. The van der Waals surface area contributed by atoms with E-state index in [4.69, 9.17) is 0 Å². The van der Waals surface area contributed by atoms with Crippen LogP contribution in [0.5, 0.6) is 0 Å². The Morgan fingerprint density at radius 2 is 1.77 bits per heavy atom. The Hall–Kier alpha value is -3.05. The lowest BCUT2D eigenvalue weighted by Crippen LogP contribution is -2.49. The van der Waals surface area contributed by atoms with Gasteiger partial charge in [0.25, 0.3) is 10.0 Å². The smallest absolute Gasteiger partial charge is 0.262 e. The maximum absolute atomic E-state index is 12.9. The number of anilines is 3. The lowest BCUT2D eigenvalue weighted by atomic mass is 10.3. The predicted octanol–water partition coefficient (Wildman–Crippen LogP) is 1.48. The van der Waals surface area contributed by atoms with Gasteiger partial charge in [-0.05, 0) is 26.0 Å². The van der Waals surface area contributed by atoms with Crippen molar-refractivity contribution < 1.29 is 8.42 Å². The van der Waals surface area contributed by atoms with Gasteiger partial charge in [0.2, 0.25) is 0 Å². The van der Waals surface area contributed by atoms with Gasteiger partial charge in [0.15, 0.2) is 5.03 Å². The number of sulfonamides is 1. The number of imidazole rings is 1. The van der Waals surface area contributed by atoms with Crippen LogP contribution in [-0.4, -0.2) is 63.4 Å². The average Bonchev–Trinajstić information content (AvgIpc) is 3.08. The average molecular weight is 429 g/mol. The highest BCUT2D eigenvalue weighted by Crippen LogP contribution is 2.22. The number of pyridine rings is 1. The van der Waals surface area contributed by atoms with Gasteiger partial charge in [-0.2, -0.15) is 4.31 Å². The molecule has 3 aromatic heterocycles. The minimum absolute atomic E-state index is 0.0932. The van der Waals surface area contributed by atoms with E-state index in [-0.39, 0.29) is 5.03 Å². The summed E-state index contributed by atoms with van der Waals surface area (Å²) in [4.78, 5) is 19.5. The topological polar surface area (TPSA) is 109 Å². The van der Waals surface area contributed by atoms with Crippen LogP contribution < -0.4 is 10.2 Å². The summed E-state index contributed by atoms with van der Waals surface area (Å²) in [7, 11) is -1.82. The molecule has 4 heterocycles. The highest BCUT2D eigenvalue weighted by molar-refractivity contribution is 7.89. The number of piperazine rings is 1. The van der Waals surface area contributed by atoms with Crippen LogP contribution in [0.25, 0.3) is 0 Å². The molecule has 11 heteroatoms. The van der Waals surface area contributed by atoms with E-state index >= 15 is 0 Å². The fraction of sp³-hybridized carbons (Fsp3) is 0.368. The van der Waals surface area contributed by atoms with Crippen LogP contribution in [0, 0.1) is 13.8 Å². The minimum Gasteiger partial charge on any atom is -0.354 e. The summed E-state index contributed by atoms with van der Waals surface area (Å²) in [5.41, 5.74) is 0. The first-order valence-electron chi connectivity index (χ1n) is 9.62. The SMILES string of the molecule is Cc1nc(Nc2ccccn2)cc(N2CCN(S(=O)(=O)c3cn(C)c(C)n3)CC2)n1. The zero-order chi connectivity index (χ0) is 21.3. The van der Waals surface area contributed by atoms with Crippen LogP contribution in [0.4, 0.5) is 17.5 Å². The third-order valence-electron chi connectivity index (χ3n) is 5.00. The molecular formula is C19H24N8O2S. The lowest BCUT2D eigenvalue weighted by molar-refractivity contribution is 0.382. The van der Waals surface area contributed by atoms with E-state index in [1.807, 2.05) is 31.2 Å². The summed E-state index contributed by atoms with van der Waals surface area (Å²) in [5.74, 6) is 3.39. The van der Waals surface area contributed by atoms with E-state index < -0.39 is 10.0 Å². The standard InChI is InChI=1S/C19H24N8O2S/c1-14-21-17(24-16-6-4-5-7-20-16)12-18(22-14)26-8-10-27(11-9-26)30(28,29)19-13-25(3)15(2)23-19/h4-7,12-13H,8-11H2,1-3H3,(H,20,21,22,24). The second-order valence-electron chi connectivity index (χ2n) is 7.13. The molecule has 1 aliphatic rings. The predicted molar refractivity (Wildman–Crippen MR) is 113 cm³/mol. The van der Waals surface area contributed by atoms with E-state index in [2.05, 4.69) is 30.2 Å². The molecule has 1 aliphatic heterocycles.